The van der Waals surface area contributed by atoms with Gasteiger partial charge in [0.1, 0.15) is 13.2 Å². The van der Waals surface area contributed by atoms with E-state index in [1.54, 1.807) is 19.2 Å². The predicted molar refractivity (Wildman–Crippen MR) is 101 cm³/mol. The number of pyridine rings is 1. The minimum atomic E-state index is -0.581. The van der Waals surface area contributed by atoms with Crippen LogP contribution in [0.1, 0.15) is 27.3 Å². The van der Waals surface area contributed by atoms with Gasteiger partial charge in [0.05, 0.1) is 23.9 Å². The van der Waals surface area contributed by atoms with Crippen LogP contribution in [0.4, 0.5) is 0 Å². The van der Waals surface area contributed by atoms with Gasteiger partial charge in [-0.2, -0.15) is 0 Å². The molecule has 3 aromatic rings. The van der Waals surface area contributed by atoms with E-state index in [0.29, 0.717) is 22.5 Å². The number of hydrogen-bond acceptors (Lipinski definition) is 7. The van der Waals surface area contributed by atoms with Crippen LogP contribution >= 0.6 is 11.3 Å². The Morgan fingerprint density at radius 3 is 2.63 bits per heavy atom. The first-order valence-corrected chi connectivity index (χ1v) is 9.07. The van der Waals surface area contributed by atoms with Gasteiger partial charge in [0, 0.05) is 16.5 Å². The van der Waals surface area contributed by atoms with Gasteiger partial charge in [0.2, 0.25) is 0 Å². The molecule has 2 heterocycles. The molecule has 2 aromatic heterocycles. The van der Waals surface area contributed by atoms with Gasteiger partial charge in [-0.25, -0.2) is 9.78 Å². The van der Waals surface area contributed by atoms with E-state index in [1.807, 2.05) is 24.3 Å². The number of carbonyl (C=O) groups excluding carboxylic acids is 2. The summed E-state index contributed by atoms with van der Waals surface area (Å²) in [7, 11) is 1.29. The Balaban J connectivity index is 1.88. The number of thiazole rings is 1. The fraction of sp³-hybridized carbons (Fsp3) is 0.263. The van der Waals surface area contributed by atoms with Crippen molar-refractivity contribution in [3.05, 3.63) is 61.8 Å². The summed E-state index contributed by atoms with van der Waals surface area (Å²) in [5.74, 6) is -1.12. The van der Waals surface area contributed by atoms with Crippen molar-refractivity contribution in [1.29, 1.82) is 0 Å². The van der Waals surface area contributed by atoms with E-state index >= 15 is 0 Å². The Morgan fingerprint density at radius 2 is 1.96 bits per heavy atom. The summed E-state index contributed by atoms with van der Waals surface area (Å²) in [6.45, 7) is 3.17. The molecule has 0 unspecified atom stereocenters. The quantitative estimate of drug-likeness (QED) is 0.627. The first kappa shape index (κ1) is 18.8. The van der Waals surface area contributed by atoms with Crippen molar-refractivity contribution in [3.8, 4) is 0 Å². The highest BCUT2D eigenvalue weighted by Crippen LogP contribution is 2.24. The van der Waals surface area contributed by atoms with Gasteiger partial charge in [-0.05, 0) is 25.5 Å². The van der Waals surface area contributed by atoms with Crippen LogP contribution in [0, 0.1) is 13.8 Å². The highest BCUT2D eigenvalue weighted by Gasteiger charge is 2.20. The van der Waals surface area contributed by atoms with Crippen molar-refractivity contribution in [2.75, 3.05) is 7.11 Å². The zero-order valence-corrected chi connectivity index (χ0v) is 16.0. The zero-order chi connectivity index (χ0) is 19.6. The lowest BCUT2D eigenvalue weighted by Gasteiger charge is -2.13. The van der Waals surface area contributed by atoms with Crippen molar-refractivity contribution in [2.45, 2.75) is 27.0 Å². The van der Waals surface area contributed by atoms with Gasteiger partial charge < -0.3 is 9.47 Å². The molecule has 0 saturated carbocycles. The lowest BCUT2D eigenvalue weighted by molar-refractivity contribution is -0.145. The van der Waals surface area contributed by atoms with Crippen LogP contribution in [0.15, 0.2) is 34.4 Å². The van der Waals surface area contributed by atoms with Gasteiger partial charge in [-0.1, -0.05) is 29.5 Å². The molecule has 7 nitrogen and oxygen atoms in total. The third-order valence-corrected chi connectivity index (χ3v) is 5.13. The number of para-hydroxylation sites is 1. The Kier molecular flexibility index (Phi) is 5.36. The predicted octanol–water partition coefficient (Wildman–Crippen LogP) is 2.60. The maximum absolute atomic E-state index is 12.2. The molecule has 0 aliphatic heterocycles. The number of fused-ring (bicyclic) bond motifs is 1. The molecule has 0 amide bonds. The molecule has 0 spiro atoms. The van der Waals surface area contributed by atoms with Crippen LogP contribution in [0.5, 0.6) is 0 Å². The van der Waals surface area contributed by atoms with Gasteiger partial charge >= 0.3 is 16.8 Å². The molecule has 0 atom stereocenters. The number of benzene rings is 1. The molecule has 0 saturated heterocycles. The molecule has 0 N–H and O–H groups in total. The molecular formula is C19H18N2O5S. The largest absolute Gasteiger partial charge is 0.465 e. The molecule has 3 rings (SSSR count). The number of methoxy groups -OCH3 is 1. The monoisotopic (exact) mass is 386 g/mol. The molecular weight excluding hydrogens is 368 g/mol. The topological polar surface area (TPSA) is 87.5 Å². The third-order valence-electron chi connectivity index (χ3n) is 4.25. The van der Waals surface area contributed by atoms with Crippen LogP contribution in [0.25, 0.3) is 10.9 Å². The van der Waals surface area contributed by atoms with Crippen molar-refractivity contribution >= 4 is 34.2 Å². The van der Waals surface area contributed by atoms with Crippen molar-refractivity contribution in [3.63, 3.8) is 0 Å². The lowest BCUT2D eigenvalue weighted by atomic mass is 10.0. The highest BCUT2D eigenvalue weighted by atomic mass is 32.1. The smallest absolute Gasteiger partial charge is 0.340 e. The first-order chi connectivity index (χ1) is 12.9. The van der Waals surface area contributed by atoms with Gasteiger partial charge in [0.25, 0.3) is 0 Å². The van der Waals surface area contributed by atoms with E-state index in [-0.39, 0.29) is 23.6 Å². The molecule has 140 valence electrons. The summed E-state index contributed by atoms with van der Waals surface area (Å²) in [6.07, 6.45) is 0. The van der Waals surface area contributed by atoms with E-state index in [4.69, 9.17) is 9.47 Å². The number of esters is 2. The first-order valence-electron chi connectivity index (χ1n) is 8.19. The maximum Gasteiger partial charge on any atom is 0.340 e. The van der Waals surface area contributed by atoms with Crippen LogP contribution in [0.3, 0.4) is 0 Å². The van der Waals surface area contributed by atoms with Crippen LogP contribution in [0.2, 0.25) is 0 Å². The number of aryl methyl sites for hydroxylation is 2. The number of carbonyl (C=O) groups is 2. The lowest BCUT2D eigenvalue weighted by Crippen LogP contribution is -2.22. The minimum absolute atomic E-state index is 0.186. The van der Waals surface area contributed by atoms with E-state index in [0.717, 1.165) is 16.7 Å². The summed E-state index contributed by atoms with van der Waals surface area (Å²) < 4.78 is 11.5. The summed E-state index contributed by atoms with van der Waals surface area (Å²) in [5, 5.41) is 2.51. The normalized spacial score (nSPS) is 10.8. The average molecular weight is 386 g/mol. The number of nitrogens with zero attached hydrogens (tertiary/aromatic N) is 2. The minimum Gasteiger partial charge on any atom is -0.465 e. The van der Waals surface area contributed by atoms with E-state index in [2.05, 4.69) is 4.98 Å². The number of aromatic nitrogens is 2. The molecule has 0 bridgehead atoms. The maximum atomic E-state index is 12.2. The summed E-state index contributed by atoms with van der Waals surface area (Å²) >= 11 is 1.03. The van der Waals surface area contributed by atoms with Crippen molar-refractivity contribution in [2.24, 2.45) is 0 Å². The SMILES string of the molecule is COC(=O)c1c(COC(=O)Cn2c(C)csc2=O)nc2ccccc2c1C. The summed E-state index contributed by atoms with van der Waals surface area (Å²) in [5.41, 5.74) is 2.70. The molecule has 0 fully saturated rings. The summed E-state index contributed by atoms with van der Waals surface area (Å²) in [4.78, 5) is 40.4. The number of hydrogen-bond donors (Lipinski definition) is 0. The third kappa shape index (κ3) is 3.75. The Labute approximate surface area is 159 Å². The zero-order valence-electron chi connectivity index (χ0n) is 15.1. The molecule has 0 radical (unpaired) electrons. The number of ether oxygens (including phenoxy) is 2. The Hall–Kier alpha value is -3.00. The highest BCUT2D eigenvalue weighted by molar-refractivity contribution is 7.07. The Bertz CT molecular complexity index is 1080. The second kappa shape index (κ2) is 7.71. The molecule has 0 aliphatic rings. The second-order valence-corrected chi connectivity index (χ2v) is 6.78. The fourth-order valence-electron chi connectivity index (χ4n) is 2.84. The van der Waals surface area contributed by atoms with Crippen LogP contribution in [-0.4, -0.2) is 28.6 Å². The van der Waals surface area contributed by atoms with Crippen LogP contribution in [-0.2, 0) is 27.4 Å². The average Bonchev–Trinajstić information content (AvgIpc) is 2.98. The second-order valence-electron chi connectivity index (χ2n) is 5.96. The molecule has 27 heavy (non-hydrogen) atoms. The summed E-state index contributed by atoms with van der Waals surface area (Å²) in [6, 6.07) is 7.39. The van der Waals surface area contributed by atoms with Gasteiger partial charge in [-0.15, -0.1) is 0 Å². The van der Waals surface area contributed by atoms with Crippen molar-refractivity contribution in [1.82, 2.24) is 9.55 Å². The number of rotatable bonds is 5. The molecule has 8 heteroatoms. The standard InChI is InChI=1S/C19H18N2O5S/c1-11-10-27-19(24)21(11)8-16(22)26-9-15-17(18(23)25-3)12(2)13-6-4-5-7-14(13)20-15/h4-7,10H,8-9H2,1-3H3. The van der Waals surface area contributed by atoms with Gasteiger partial charge in [0.15, 0.2) is 0 Å². The van der Waals surface area contributed by atoms with Crippen LogP contribution < -0.4 is 4.87 Å². The van der Waals surface area contributed by atoms with Crippen molar-refractivity contribution < 1.29 is 19.1 Å². The fourth-order valence-corrected chi connectivity index (χ4v) is 3.57. The van der Waals surface area contributed by atoms with Gasteiger partial charge in [-0.3, -0.25) is 14.2 Å². The molecule has 0 aliphatic carbocycles. The van der Waals surface area contributed by atoms with E-state index in [1.165, 1.54) is 11.7 Å². The van der Waals surface area contributed by atoms with E-state index in [9.17, 15) is 14.4 Å². The Morgan fingerprint density at radius 1 is 1.22 bits per heavy atom. The molecule has 1 aromatic carbocycles. The van der Waals surface area contributed by atoms with E-state index < -0.39 is 11.9 Å².